The molecule has 0 amide bonds. The topological polar surface area (TPSA) is 46.2 Å². The second kappa shape index (κ2) is 6.23. The molecular formula is C14H23NO2S. The maximum absolute atomic E-state index is 11.3. The van der Waals surface area contributed by atoms with Crippen LogP contribution < -0.4 is 5.32 Å². The summed E-state index contributed by atoms with van der Waals surface area (Å²) in [6, 6.07) is 7.33. The molecule has 1 N–H and O–H groups in total. The van der Waals surface area contributed by atoms with Crippen LogP contribution in [-0.2, 0) is 9.84 Å². The fraction of sp³-hybridized carbons (Fsp3) is 0.571. The van der Waals surface area contributed by atoms with E-state index in [0.717, 1.165) is 12.1 Å². The third-order valence-electron chi connectivity index (χ3n) is 3.15. The zero-order valence-electron chi connectivity index (χ0n) is 11.6. The van der Waals surface area contributed by atoms with Gasteiger partial charge >= 0.3 is 0 Å². The summed E-state index contributed by atoms with van der Waals surface area (Å²) < 4.78 is 22.7. The van der Waals surface area contributed by atoms with E-state index in [9.17, 15) is 8.42 Å². The van der Waals surface area contributed by atoms with Gasteiger partial charge in [0.05, 0.1) is 4.90 Å². The molecule has 0 saturated heterocycles. The number of anilines is 1. The minimum absolute atomic E-state index is 0.364. The molecule has 3 nitrogen and oxygen atoms in total. The monoisotopic (exact) mass is 269 g/mol. The first-order valence-electron chi connectivity index (χ1n) is 6.39. The van der Waals surface area contributed by atoms with E-state index in [1.807, 2.05) is 12.1 Å². The maximum atomic E-state index is 11.3. The van der Waals surface area contributed by atoms with Gasteiger partial charge in [-0.25, -0.2) is 8.42 Å². The lowest BCUT2D eigenvalue weighted by Gasteiger charge is -2.18. The second-order valence-corrected chi connectivity index (χ2v) is 7.11. The predicted octanol–water partition coefficient (Wildman–Crippen LogP) is 3.33. The van der Waals surface area contributed by atoms with Gasteiger partial charge < -0.3 is 5.32 Å². The predicted molar refractivity (Wildman–Crippen MR) is 76.7 cm³/mol. The van der Waals surface area contributed by atoms with Gasteiger partial charge in [-0.2, -0.15) is 0 Å². The lowest BCUT2D eigenvalue weighted by atomic mass is 10.0. The zero-order valence-corrected chi connectivity index (χ0v) is 12.4. The van der Waals surface area contributed by atoms with Gasteiger partial charge in [-0.15, -0.1) is 0 Å². The Morgan fingerprint density at radius 3 is 2.17 bits per heavy atom. The molecule has 2 atom stereocenters. The molecule has 0 aliphatic carbocycles. The molecule has 0 aromatic heterocycles. The molecule has 0 saturated carbocycles. The Balaban J connectivity index is 2.64. The van der Waals surface area contributed by atoms with E-state index in [-0.39, 0.29) is 0 Å². The fourth-order valence-electron chi connectivity index (χ4n) is 1.91. The van der Waals surface area contributed by atoms with Crippen molar-refractivity contribution in [3.05, 3.63) is 24.3 Å². The Morgan fingerprint density at radius 2 is 1.72 bits per heavy atom. The van der Waals surface area contributed by atoms with Gasteiger partial charge in [-0.05, 0) is 43.5 Å². The Kier molecular flexibility index (Phi) is 5.20. The van der Waals surface area contributed by atoms with E-state index in [4.69, 9.17) is 0 Å². The van der Waals surface area contributed by atoms with Crippen molar-refractivity contribution in [2.45, 2.75) is 44.6 Å². The van der Waals surface area contributed by atoms with Crippen LogP contribution >= 0.6 is 0 Å². The summed E-state index contributed by atoms with van der Waals surface area (Å²) in [5.41, 5.74) is 0.971. The molecule has 0 fully saturated rings. The van der Waals surface area contributed by atoms with Gasteiger partial charge in [0.25, 0.3) is 0 Å². The Morgan fingerprint density at radius 1 is 1.17 bits per heavy atom. The van der Waals surface area contributed by atoms with Crippen molar-refractivity contribution in [3.8, 4) is 0 Å². The number of hydrogen-bond donors (Lipinski definition) is 1. The second-order valence-electron chi connectivity index (χ2n) is 5.09. The van der Waals surface area contributed by atoms with Crippen molar-refractivity contribution in [2.24, 2.45) is 5.92 Å². The third-order valence-corrected chi connectivity index (χ3v) is 4.28. The van der Waals surface area contributed by atoms with Gasteiger partial charge in [0.15, 0.2) is 9.84 Å². The van der Waals surface area contributed by atoms with Crippen LogP contribution in [-0.4, -0.2) is 20.7 Å². The van der Waals surface area contributed by atoms with Crippen LogP contribution in [0.5, 0.6) is 0 Å². The summed E-state index contributed by atoms with van der Waals surface area (Å²) in [7, 11) is -3.10. The number of benzene rings is 1. The molecule has 18 heavy (non-hydrogen) atoms. The van der Waals surface area contributed by atoms with Crippen LogP contribution in [0.1, 0.15) is 33.6 Å². The minimum atomic E-state index is -3.10. The quantitative estimate of drug-likeness (QED) is 0.861. The molecule has 2 unspecified atom stereocenters. The Bertz CT molecular complexity index is 465. The van der Waals surface area contributed by atoms with E-state index in [1.165, 1.54) is 12.7 Å². The number of hydrogen-bond acceptors (Lipinski definition) is 3. The highest BCUT2D eigenvalue weighted by Gasteiger charge is 2.09. The largest absolute Gasteiger partial charge is 0.383 e. The van der Waals surface area contributed by atoms with E-state index in [2.05, 4.69) is 26.1 Å². The van der Waals surface area contributed by atoms with Crippen LogP contribution in [0, 0.1) is 5.92 Å². The highest BCUT2D eigenvalue weighted by Crippen LogP contribution is 2.17. The maximum Gasteiger partial charge on any atom is 0.175 e. The summed E-state index contributed by atoms with van der Waals surface area (Å²) in [5.74, 6) is 0.697. The minimum Gasteiger partial charge on any atom is -0.383 e. The van der Waals surface area contributed by atoms with Crippen molar-refractivity contribution in [2.75, 3.05) is 11.6 Å². The molecule has 1 aromatic carbocycles. The summed E-state index contributed by atoms with van der Waals surface area (Å²) >= 11 is 0. The lowest BCUT2D eigenvalue weighted by molar-refractivity contribution is 0.484. The van der Waals surface area contributed by atoms with Crippen LogP contribution in [0.25, 0.3) is 0 Å². The summed E-state index contributed by atoms with van der Waals surface area (Å²) in [6.45, 7) is 6.58. The highest BCUT2D eigenvalue weighted by molar-refractivity contribution is 7.90. The molecule has 0 spiro atoms. The first kappa shape index (κ1) is 15.0. The Labute approximate surface area is 111 Å². The molecule has 1 rings (SSSR count). The van der Waals surface area contributed by atoms with Crippen molar-refractivity contribution < 1.29 is 8.42 Å². The van der Waals surface area contributed by atoms with E-state index in [1.54, 1.807) is 12.1 Å². The molecule has 0 aliphatic rings. The van der Waals surface area contributed by atoms with Gasteiger partial charge in [-0.3, -0.25) is 0 Å². The molecular weight excluding hydrogens is 246 g/mol. The molecule has 0 bridgehead atoms. The fourth-order valence-corrected chi connectivity index (χ4v) is 2.54. The smallest absolute Gasteiger partial charge is 0.175 e. The average Bonchev–Trinajstić information content (AvgIpc) is 2.28. The van der Waals surface area contributed by atoms with Gasteiger partial charge in [-0.1, -0.05) is 20.3 Å². The van der Waals surface area contributed by atoms with Crippen molar-refractivity contribution in [1.29, 1.82) is 0 Å². The van der Waals surface area contributed by atoms with Crippen LogP contribution in [0.3, 0.4) is 0 Å². The number of sulfone groups is 1. The van der Waals surface area contributed by atoms with E-state index < -0.39 is 9.84 Å². The van der Waals surface area contributed by atoms with Crippen LogP contribution in [0.4, 0.5) is 5.69 Å². The summed E-state index contributed by atoms with van der Waals surface area (Å²) in [6.07, 6.45) is 3.52. The van der Waals surface area contributed by atoms with E-state index >= 15 is 0 Å². The number of nitrogens with one attached hydrogen (secondary N) is 1. The zero-order chi connectivity index (χ0) is 13.8. The lowest BCUT2D eigenvalue weighted by Crippen LogP contribution is -2.18. The first-order chi connectivity index (χ1) is 8.32. The molecule has 0 radical (unpaired) electrons. The molecule has 4 heteroatoms. The molecule has 0 heterocycles. The standard InChI is InChI=1S/C14H23NO2S/c1-5-11(2)10-12(3)15-13-6-8-14(9-7-13)18(4,16)17/h6-9,11-12,15H,5,10H2,1-4H3. The third kappa shape index (κ3) is 4.69. The average molecular weight is 269 g/mol. The Hall–Kier alpha value is -1.03. The van der Waals surface area contributed by atoms with Crippen LogP contribution in [0.15, 0.2) is 29.2 Å². The molecule has 0 aliphatic heterocycles. The van der Waals surface area contributed by atoms with Crippen molar-refractivity contribution in [1.82, 2.24) is 0 Å². The van der Waals surface area contributed by atoms with E-state index in [0.29, 0.717) is 16.9 Å². The normalized spacial score (nSPS) is 15.1. The van der Waals surface area contributed by atoms with Crippen molar-refractivity contribution >= 4 is 15.5 Å². The summed E-state index contributed by atoms with van der Waals surface area (Å²) in [4.78, 5) is 0.364. The van der Waals surface area contributed by atoms with Gasteiger partial charge in [0.2, 0.25) is 0 Å². The summed E-state index contributed by atoms with van der Waals surface area (Å²) in [5, 5.41) is 3.39. The molecule has 102 valence electrons. The van der Waals surface area contributed by atoms with Gasteiger partial charge in [0, 0.05) is 18.0 Å². The van der Waals surface area contributed by atoms with Crippen LogP contribution in [0.2, 0.25) is 0 Å². The highest BCUT2D eigenvalue weighted by atomic mass is 32.2. The number of rotatable bonds is 6. The van der Waals surface area contributed by atoms with Crippen molar-refractivity contribution in [3.63, 3.8) is 0 Å². The van der Waals surface area contributed by atoms with Gasteiger partial charge in [0.1, 0.15) is 0 Å². The SMILES string of the molecule is CCC(C)CC(C)Nc1ccc(S(C)(=O)=O)cc1. The first-order valence-corrected chi connectivity index (χ1v) is 8.28. The molecule has 1 aromatic rings.